The molecule has 0 atom stereocenters. The van der Waals surface area contributed by atoms with Crippen LogP contribution in [0.15, 0.2) is 78.9 Å². The minimum absolute atomic E-state index is 0.0810. The van der Waals surface area contributed by atoms with Crippen molar-refractivity contribution < 1.29 is 34.1 Å². The minimum atomic E-state index is -1.21. The van der Waals surface area contributed by atoms with Gasteiger partial charge in [-0.15, -0.1) is 0 Å². The predicted octanol–water partition coefficient (Wildman–Crippen LogP) is 6.26. The number of carboxylic acid groups (broad SMARTS) is 2. The second kappa shape index (κ2) is 14.0. The lowest BCUT2D eigenvalue weighted by molar-refractivity contribution is -0.136. The molecule has 8 heteroatoms. The van der Waals surface area contributed by atoms with Gasteiger partial charge < -0.3 is 24.3 Å². The second-order valence-corrected chi connectivity index (χ2v) is 9.48. The lowest BCUT2D eigenvalue weighted by Crippen LogP contribution is -2.14. The maximum Gasteiger partial charge on any atom is 0.353 e. The Labute approximate surface area is 232 Å². The minimum Gasteiger partial charge on any atom is -0.494 e. The van der Waals surface area contributed by atoms with Gasteiger partial charge in [0.25, 0.3) is 0 Å². The van der Waals surface area contributed by atoms with Crippen LogP contribution in [-0.2, 0) is 17.8 Å². The number of carbonyl (C=O) groups excluding carboxylic acids is 1. The van der Waals surface area contributed by atoms with Gasteiger partial charge in [0.05, 0.1) is 25.2 Å². The number of benzene rings is 3. The number of aryl methyl sites for hydroxylation is 2. The molecule has 0 saturated heterocycles. The molecule has 0 aliphatic heterocycles. The third-order valence-electron chi connectivity index (χ3n) is 6.61. The van der Waals surface area contributed by atoms with Crippen molar-refractivity contribution >= 4 is 28.6 Å². The quantitative estimate of drug-likeness (QED) is 0.127. The number of carboxylic acids is 2. The van der Waals surface area contributed by atoms with Gasteiger partial charge in [0.2, 0.25) is 0 Å². The fourth-order valence-corrected chi connectivity index (χ4v) is 4.68. The van der Waals surface area contributed by atoms with Crippen LogP contribution in [0.5, 0.6) is 11.5 Å². The molecular formula is C32H33NO7. The molecule has 0 bridgehead atoms. The highest BCUT2D eigenvalue weighted by Crippen LogP contribution is 2.29. The molecule has 0 aliphatic carbocycles. The molecule has 1 heterocycles. The molecule has 2 N–H and O–H groups in total. The SMILES string of the molecule is O=C(O)CCC(=O)c1c(C(=O)O)n(CCCc2ccc(OCCCCOc3ccccc3)cc2)c2ccccc12. The van der Waals surface area contributed by atoms with Crippen molar-refractivity contribution in [3.63, 3.8) is 0 Å². The highest BCUT2D eigenvalue weighted by Gasteiger charge is 2.26. The number of aromatic nitrogens is 1. The zero-order chi connectivity index (χ0) is 28.3. The molecule has 0 spiro atoms. The molecule has 1 aromatic heterocycles. The Morgan fingerprint density at radius 3 is 1.98 bits per heavy atom. The first-order valence-electron chi connectivity index (χ1n) is 13.4. The summed E-state index contributed by atoms with van der Waals surface area (Å²) in [5, 5.41) is 19.5. The number of carbonyl (C=O) groups is 3. The van der Waals surface area contributed by atoms with Crippen molar-refractivity contribution in [2.24, 2.45) is 0 Å². The van der Waals surface area contributed by atoms with E-state index in [-0.39, 0.29) is 24.1 Å². The maximum absolute atomic E-state index is 12.9. The number of fused-ring (bicyclic) bond motifs is 1. The lowest BCUT2D eigenvalue weighted by Gasteiger charge is -2.10. The van der Waals surface area contributed by atoms with E-state index in [1.54, 1.807) is 28.8 Å². The molecular weight excluding hydrogens is 510 g/mol. The van der Waals surface area contributed by atoms with Crippen LogP contribution in [0, 0.1) is 0 Å². The predicted molar refractivity (Wildman–Crippen MR) is 152 cm³/mol. The van der Waals surface area contributed by atoms with Gasteiger partial charge in [0, 0.05) is 23.9 Å². The molecule has 3 aromatic carbocycles. The van der Waals surface area contributed by atoms with Crippen LogP contribution in [0.1, 0.15) is 58.5 Å². The van der Waals surface area contributed by atoms with Crippen molar-refractivity contribution in [1.82, 2.24) is 4.57 Å². The summed E-state index contributed by atoms with van der Waals surface area (Å²) in [4.78, 5) is 36.0. The molecule has 0 amide bonds. The third-order valence-corrected chi connectivity index (χ3v) is 6.61. The summed E-state index contributed by atoms with van der Waals surface area (Å²) in [5.41, 5.74) is 1.73. The van der Waals surface area contributed by atoms with E-state index < -0.39 is 17.7 Å². The second-order valence-electron chi connectivity index (χ2n) is 9.48. The third kappa shape index (κ3) is 7.50. The number of rotatable bonds is 16. The van der Waals surface area contributed by atoms with Crippen molar-refractivity contribution in [2.45, 2.75) is 45.1 Å². The molecule has 8 nitrogen and oxygen atoms in total. The zero-order valence-corrected chi connectivity index (χ0v) is 22.3. The fourth-order valence-electron chi connectivity index (χ4n) is 4.68. The molecule has 0 aliphatic rings. The van der Waals surface area contributed by atoms with E-state index in [1.807, 2.05) is 54.6 Å². The number of hydrogen-bond donors (Lipinski definition) is 2. The molecule has 4 rings (SSSR count). The van der Waals surface area contributed by atoms with Crippen LogP contribution < -0.4 is 9.47 Å². The lowest BCUT2D eigenvalue weighted by atomic mass is 10.0. The van der Waals surface area contributed by atoms with Crippen molar-refractivity contribution in [2.75, 3.05) is 13.2 Å². The van der Waals surface area contributed by atoms with Crippen molar-refractivity contribution in [3.05, 3.63) is 95.7 Å². The Morgan fingerprint density at radius 2 is 1.32 bits per heavy atom. The summed E-state index contributed by atoms with van der Waals surface area (Å²) >= 11 is 0. The Morgan fingerprint density at radius 1 is 0.700 bits per heavy atom. The van der Waals surface area contributed by atoms with Gasteiger partial charge in [-0.25, -0.2) is 4.79 Å². The zero-order valence-electron chi connectivity index (χ0n) is 22.3. The monoisotopic (exact) mass is 543 g/mol. The average molecular weight is 544 g/mol. The van der Waals surface area contributed by atoms with Crippen LogP contribution in [-0.4, -0.2) is 45.7 Å². The summed E-state index contributed by atoms with van der Waals surface area (Å²) in [6.45, 7) is 1.64. The van der Waals surface area contributed by atoms with Crippen LogP contribution in [0.4, 0.5) is 0 Å². The Kier molecular flexibility index (Phi) is 9.93. The first-order valence-corrected chi connectivity index (χ1v) is 13.4. The number of aliphatic carboxylic acids is 1. The maximum atomic E-state index is 12.9. The normalized spacial score (nSPS) is 10.9. The Balaban J connectivity index is 1.30. The summed E-state index contributed by atoms with van der Waals surface area (Å²) in [6.07, 6.45) is 2.55. The number of nitrogens with zero attached hydrogens (tertiary/aromatic N) is 1. The molecule has 208 valence electrons. The van der Waals surface area contributed by atoms with Gasteiger partial charge in [0.15, 0.2) is 5.78 Å². The van der Waals surface area contributed by atoms with Gasteiger partial charge in [-0.05, 0) is 61.6 Å². The topological polar surface area (TPSA) is 115 Å². The Bertz CT molecular complexity index is 1440. The van der Waals surface area contributed by atoms with E-state index in [9.17, 15) is 19.5 Å². The van der Waals surface area contributed by atoms with Gasteiger partial charge in [0.1, 0.15) is 17.2 Å². The number of ketones is 1. The van der Waals surface area contributed by atoms with Gasteiger partial charge in [-0.2, -0.15) is 0 Å². The van der Waals surface area contributed by atoms with Gasteiger partial charge in [-0.1, -0.05) is 48.5 Å². The molecule has 0 fully saturated rings. The van der Waals surface area contributed by atoms with E-state index in [0.717, 1.165) is 29.9 Å². The van der Waals surface area contributed by atoms with Crippen LogP contribution >= 0.6 is 0 Å². The van der Waals surface area contributed by atoms with Crippen LogP contribution in [0.3, 0.4) is 0 Å². The fraction of sp³-hybridized carbons (Fsp3) is 0.281. The largest absolute Gasteiger partial charge is 0.494 e. The van der Waals surface area contributed by atoms with E-state index in [1.165, 1.54) is 0 Å². The highest BCUT2D eigenvalue weighted by atomic mass is 16.5. The van der Waals surface area contributed by atoms with Gasteiger partial charge >= 0.3 is 11.9 Å². The van der Waals surface area contributed by atoms with Crippen molar-refractivity contribution in [1.29, 1.82) is 0 Å². The highest BCUT2D eigenvalue weighted by molar-refractivity contribution is 6.15. The first-order chi connectivity index (χ1) is 19.4. The molecule has 4 aromatic rings. The van der Waals surface area contributed by atoms with Crippen LogP contribution in [0.2, 0.25) is 0 Å². The molecule has 0 saturated carbocycles. The van der Waals surface area contributed by atoms with E-state index in [4.69, 9.17) is 14.6 Å². The summed E-state index contributed by atoms with van der Waals surface area (Å²) < 4.78 is 13.2. The molecule has 0 unspecified atom stereocenters. The van der Waals surface area contributed by atoms with E-state index in [0.29, 0.717) is 43.5 Å². The molecule has 40 heavy (non-hydrogen) atoms. The summed E-state index contributed by atoms with van der Waals surface area (Å²) in [7, 11) is 0. The number of hydrogen-bond acceptors (Lipinski definition) is 5. The summed E-state index contributed by atoms with van der Waals surface area (Å²) in [6, 6.07) is 24.6. The Hall–Kier alpha value is -4.59. The summed E-state index contributed by atoms with van der Waals surface area (Å²) in [5.74, 6) is -1.12. The van der Waals surface area contributed by atoms with E-state index >= 15 is 0 Å². The number of ether oxygens (including phenoxy) is 2. The molecule has 0 radical (unpaired) electrons. The van der Waals surface area contributed by atoms with Crippen LogP contribution in [0.25, 0.3) is 10.9 Å². The number of para-hydroxylation sites is 2. The number of aromatic carboxylic acids is 1. The van der Waals surface area contributed by atoms with E-state index in [2.05, 4.69) is 0 Å². The number of unbranched alkanes of at least 4 members (excludes halogenated alkanes) is 1. The van der Waals surface area contributed by atoms with Gasteiger partial charge in [-0.3, -0.25) is 9.59 Å². The standard InChI is InChI=1S/C32H33NO7/c34-28(18-19-29(35)36)30-26-12-4-5-13-27(26)33(31(30)32(37)38)20-8-9-23-14-16-25(17-15-23)40-22-7-6-21-39-24-10-2-1-3-11-24/h1-5,10-17H,6-9,18-22H2,(H,35,36)(H,37,38). The average Bonchev–Trinajstić information content (AvgIpc) is 3.29. The smallest absolute Gasteiger partial charge is 0.353 e. The number of Topliss-reactive ketones (excluding diaryl/α,β-unsaturated/α-hetero) is 1. The van der Waals surface area contributed by atoms with Crippen molar-refractivity contribution in [3.8, 4) is 11.5 Å². The first kappa shape index (κ1) is 28.4.